The SMILES string of the molecule is Cc1cnn2cccc2c1. The minimum atomic E-state index is 1.15. The Labute approximate surface area is 59.1 Å². The first-order chi connectivity index (χ1) is 4.86. The molecule has 0 aromatic carbocycles. The second kappa shape index (κ2) is 1.84. The molecule has 0 unspecified atom stereocenters. The highest BCUT2D eigenvalue weighted by Crippen LogP contribution is 2.03. The van der Waals surface area contributed by atoms with Gasteiger partial charge < -0.3 is 0 Å². The van der Waals surface area contributed by atoms with E-state index in [1.807, 2.05) is 36.0 Å². The van der Waals surface area contributed by atoms with Crippen molar-refractivity contribution in [3.8, 4) is 0 Å². The van der Waals surface area contributed by atoms with Crippen LogP contribution < -0.4 is 0 Å². The zero-order valence-corrected chi connectivity index (χ0v) is 5.78. The van der Waals surface area contributed by atoms with E-state index < -0.39 is 0 Å². The Hall–Kier alpha value is -1.31. The van der Waals surface area contributed by atoms with Gasteiger partial charge in [-0.15, -0.1) is 0 Å². The number of hydrogen-bond donors (Lipinski definition) is 0. The minimum absolute atomic E-state index is 1.15. The van der Waals surface area contributed by atoms with Gasteiger partial charge in [0, 0.05) is 6.20 Å². The molecule has 0 saturated carbocycles. The van der Waals surface area contributed by atoms with Crippen LogP contribution in [0.4, 0.5) is 0 Å². The van der Waals surface area contributed by atoms with Crippen molar-refractivity contribution in [2.45, 2.75) is 6.92 Å². The number of aryl methyl sites for hydroxylation is 1. The van der Waals surface area contributed by atoms with Crippen LogP contribution in [0.1, 0.15) is 5.56 Å². The lowest BCUT2D eigenvalue weighted by molar-refractivity contribution is 0.932. The first kappa shape index (κ1) is 5.47. The first-order valence-corrected chi connectivity index (χ1v) is 3.26. The van der Waals surface area contributed by atoms with Crippen molar-refractivity contribution in [3.05, 3.63) is 36.2 Å². The van der Waals surface area contributed by atoms with E-state index in [1.165, 1.54) is 5.56 Å². The lowest BCUT2D eigenvalue weighted by Gasteiger charge is -1.92. The van der Waals surface area contributed by atoms with Crippen LogP contribution in [0.2, 0.25) is 0 Å². The summed E-state index contributed by atoms with van der Waals surface area (Å²) in [7, 11) is 0. The normalized spacial score (nSPS) is 10.5. The van der Waals surface area contributed by atoms with Crippen LogP contribution in [0.5, 0.6) is 0 Å². The van der Waals surface area contributed by atoms with Crippen LogP contribution in [0.25, 0.3) is 5.52 Å². The van der Waals surface area contributed by atoms with Gasteiger partial charge in [-0.1, -0.05) is 0 Å². The fourth-order valence-electron chi connectivity index (χ4n) is 1.03. The minimum Gasteiger partial charge on any atom is -0.241 e. The van der Waals surface area contributed by atoms with Crippen LogP contribution in [0.15, 0.2) is 30.6 Å². The Bertz CT molecular complexity index is 349. The topological polar surface area (TPSA) is 17.3 Å². The highest BCUT2D eigenvalue weighted by Gasteiger charge is 1.90. The quantitative estimate of drug-likeness (QED) is 0.532. The summed E-state index contributed by atoms with van der Waals surface area (Å²) >= 11 is 0. The predicted octanol–water partition coefficient (Wildman–Crippen LogP) is 1.64. The lowest BCUT2D eigenvalue weighted by Crippen LogP contribution is -1.87. The van der Waals surface area contributed by atoms with E-state index in [2.05, 4.69) is 11.2 Å². The second-order valence-corrected chi connectivity index (χ2v) is 2.41. The highest BCUT2D eigenvalue weighted by molar-refractivity contribution is 5.47. The molecular weight excluding hydrogens is 124 g/mol. The van der Waals surface area contributed by atoms with Crippen molar-refractivity contribution in [2.75, 3.05) is 0 Å². The Balaban J connectivity index is 2.86. The molecule has 0 saturated heterocycles. The van der Waals surface area contributed by atoms with Crippen molar-refractivity contribution >= 4 is 5.52 Å². The first-order valence-electron chi connectivity index (χ1n) is 3.26. The zero-order valence-electron chi connectivity index (χ0n) is 5.78. The van der Waals surface area contributed by atoms with Gasteiger partial charge in [0.15, 0.2) is 0 Å². The third-order valence-corrected chi connectivity index (χ3v) is 1.52. The summed E-state index contributed by atoms with van der Waals surface area (Å²) < 4.78 is 1.85. The van der Waals surface area contributed by atoms with Gasteiger partial charge in [0.2, 0.25) is 0 Å². The van der Waals surface area contributed by atoms with Crippen molar-refractivity contribution in [2.24, 2.45) is 0 Å². The van der Waals surface area contributed by atoms with E-state index in [4.69, 9.17) is 0 Å². The smallest absolute Gasteiger partial charge is 0.0649 e. The molecule has 0 N–H and O–H groups in total. The number of fused-ring (bicyclic) bond motifs is 1. The average molecular weight is 132 g/mol. The summed E-state index contributed by atoms with van der Waals surface area (Å²) in [4.78, 5) is 0. The fourth-order valence-corrected chi connectivity index (χ4v) is 1.03. The van der Waals surface area contributed by atoms with E-state index in [1.54, 1.807) is 0 Å². The molecule has 10 heavy (non-hydrogen) atoms. The monoisotopic (exact) mass is 132 g/mol. The number of aromatic nitrogens is 2. The van der Waals surface area contributed by atoms with Crippen molar-refractivity contribution in [1.29, 1.82) is 0 Å². The number of nitrogens with zero attached hydrogens (tertiary/aromatic N) is 2. The predicted molar refractivity (Wildman–Crippen MR) is 39.9 cm³/mol. The zero-order chi connectivity index (χ0) is 6.97. The Morgan fingerprint density at radius 2 is 2.40 bits per heavy atom. The molecule has 0 bridgehead atoms. The molecule has 0 spiro atoms. The molecule has 0 radical (unpaired) electrons. The standard InChI is InChI=1S/C8H8N2/c1-7-5-8-3-2-4-10(8)9-6-7/h2-6H,1H3. The van der Waals surface area contributed by atoms with Crippen LogP contribution in [0.3, 0.4) is 0 Å². The van der Waals surface area contributed by atoms with Crippen LogP contribution in [0, 0.1) is 6.92 Å². The van der Waals surface area contributed by atoms with Crippen molar-refractivity contribution < 1.29 is 0 Å². The number of rotatable bonds is 0. The molecule has 0 aliphatic rings. The number of hydrogen-bond acceptors (Lipinski definition) is 1. The maximum Gasteiger partial charge on any atom is 0.0649 e. The van der Waals surface area contributed by atoms with E-state index in [0.717, 1.165) is 5.52 Å². The molecule has 0 aliphatic heterocycles. The second-order valence-electron chi connectivity index (χ2n) is 2.41. The van der Waals surface area contributed by atoms with E-state index in [-0.39, 0.29) is 0 Å². The maximum absolute atomic E-state index is 4.16. The molecule has 2 heteroatoms. The van der Waals surface area contributed by atoms with Crippen LogP contribution in [-0.4, -0.2) is 9.61 Å². The third kappa shape index (κ3) is 0.692. The molecule has 2 aromatic rings. The highest BCUT2D eigenvalue weighted by atomic mass is 15.2. The van der Waals surface area contributed by atoms with Crippen molar-refractivity contribution in [3.63, 3.8) is 0 Å². The van der Waals surface area contributed by atoms with Gasteiger partial charge >= 0.3 is 0 Å². The van der Waals surface area contributed by atoms with E-state index >= 15 is 0 Å². The summed E-state index contributed by atoms with van der Waals surface area (Å²) in [5, 5.41) is 4.16. The van der Waals surface area contributed by atoms with Gasteiger partial charge in [-0.05, 0) is 30.7 Å². The van der Waals surface area contributed by atoms with Gasteiger partial charge in [-0.2, -0.15) is 5.10 Å². The average Bonchev–Trinajstić information content (AvgIpc) is 2.33. The van der Waals surface area contributed by atoms with Crippen LogP contribution in [-0.2, 0) is 0 Å². The lowest BCUT2D eigenvalue weighted by atomic mass is 10.3. The third-order valence-electron chi connectivity index (χ3n) is 1.52. The molecule has 2 rings (SSSR count). The summed E-state index contributed by atoms with van der Waals surface area (Å²) in [6.07, 6.45) is 3.79. The van der Waals surface area contributed by atoms with Gasteiger partial charge in [0.25, 0.3) is 0 Å². The summed E-state index contributed by atoms with van der Waals surface area (Å²) in [6, 6.07) is 6.13. The van der Waals surface area contributed by atoms with E-state index in [0.29, 0.717) is 0 Å². The van der Waals surface area contributed by atoms with Gasteiger partial charge in [-0.3, -0.25) is 0 Å². The summed E-state index contributed by atoms with van der Waals surface area (Å²) in [6.45, 7) is 2.04. The van der Waals surface area contributed by atoms with E-state index in [9.17, 15) is 0 Å². The summed E-state index contributed by atoms with van der Waals surface area (Å²) in [5.74, 6) is 0. The van der Waals surface area contributed by atoms with Gasteiger partial charge in [-0.25, -0.2) is 4.52 Å². The van der Waals surface area contributed by atoms with Gasteiger partial charge in [0.1, 0.15) is 0 Å². The summed E-state index contributed by atoms with van der Waals surface area (Å²) in [5.41, 5.74) is 2.35. The maximum atomic E-state index is 4.16. The molecule has 0 fully saturated rings. The molecular formula is C8H8N2. The van der Waals surface area contributed by atoms with Crippen LogP contribution >= 0.6 is 0 Å². The molecule has 2 nitrogen and oxygen atoms in total. The Morgan fingerprint density at radius 1 is 1.50 bits per heavy atom. The Kier molecular flexibility index (Phi) is 1.01. The molecule has 0 atom stereocenters. The van der Waals surface area contributed by atoms with Gasteiger partial charge in [0.05, 0.1) is 11.7 Å². The fraction of sp³-hybridized carbons (Fsp3) is 0.125. The Morgan fingerprint density at radius 3 is 3.30 bits per heavy atom. The molecule has 50 valence electrons. The largest absolute Gasteiger partial charge is 0.241 e. The molecule has 0 aliphatic carbocycles. The molecule has 0 amide bonds. The molecule has 2 heterocycles. The van der Waals surface area contributed by atoms with Crippen molar-refractivity contribution in [1.82, 2.24) is 9.61 Å². The molecule has 2 aromatic heterocycles.